The van der Waals surface area contributed by atoms with E-state index >= 15 is 0 Å². The van der Waals surface area contributed by atoms with Crippen molar-refractivity contribution < 1.29 is 21.7 Å². The van der Waals surface area contributed by atoms with Crippen molar-refractivity contribution in [1.82, 2.24) is 0 Å². The second-order valence-electron chi connectivity index (χ2n) is 1.29. The van der Waals surface area contributed by atoms with E-state index in [0.717, 1.165) is 6.42 Å². The van der Waals surface area contributed by atoms with E-state index in [1.54, 1.807) is 0 Å². The molecule has 0 spiro atoms. The van der Waals surface area contributed by atoms with Gasteiger partial charge in [0.2, 0.25) is 0 Å². The Bertz CT molecular complexity index is 91.1. The molecule has 0 atom stereocenters. The molecule has 1 aliphatic carbocycles. The third-order valence-electron chi connectivity index (χ3n) is 0.586. The molecule has 1 rings (SSSR count). The summed E-state index contributed by atoms with van der Waals surface area (Å²) in [5, 5.41) is 0. The third kappa shape index (κ3) is 11.4. The van der Waals surface area contributed by atoms with E-state index in [-0.39, 0.29) is 21.7 Å². The molecule has 0 bridgehead atoms. The van der Waals surface area contributed by atoms with Gasteiger partial charge in [-0.3, -0.25) is 6.08 Å². The second kappa shape index (κ2) is 10.7. The fourth-order valence-corrected chi connectivity index (χ4v) is 0.340. The summed E-state index contributed by atoms with van der Waals surface area (Å²) in [5.74, 6) is 0. The summed E-state index contributed by atoms with van der Waals surface area (Å²) >= 11 is 0. The number of hydrogen-bond acceptors (Lipinski definition) is 0. The van der Waals surface area contributed by atoms with Gasteiger partial charge in [-0.05, 0) is 0 Å². The zero-order valence-electron chi connectivity index (χ0n) is 5.43. The molecule has 0 nitrogen and oxygen atoms in total. The van der Waals surface area contributed by atoms with Crippen LogP contribution in [0.25, 0.3) is 0 Å². The monoisotopic (exact) mass is 154 g/mol. The molecular weight excluding hydrogens is 144 g/mol. The van der Waals surface area contributed by atoms with E-state index in [1.165, 1.54) is 6.08 Å². The maximum absolute atomic E-state index is 3.25. The van der Waals surface area contributed by atoms with Gasteiger partial charge in [0, 0.05) is 0 Å². The van der Waals surface area contributed by atoms with Crippen molar-refractivity contribution in [3.05, 3.63) is 43.9 Å². The minimum absolute atomic E-state index is 0. The smallest absolute Gasteiger partial charge is 0.273 e. The number of rotatable bonds is 0. The van der Waals surface area contributed by atoms with Crippen LogP contribution in [0, 0.1) is 13.0 Å². The molecule has 1 heteroatoms. The Kier molecular flexibility index (Phi) is 13.8. The Morgan fingerprint density at radius 3 is 2.33 bits per heavy atom. The van der Waals surface area contributed by atoms with Gasteiger partial charge in [-0.1, -0.05) is 0 Å². The molecule has 0 radical (unpaired) electrons. The fourth-order valence-electron chi connectivity index (χ4n) is 0.340. The number of hydrogen-bond donors (Lipinski definition) is 0. The molecule has 0 aromatic heterocycles. The molecule has 0 aromatic rings. The standard InChI is InChI=1S/C5H5.C3H5.Ti/c1-2-4-5-3-1;1-3-2;/h1-3H,4H2;3H,1-2H2;/q2*-1;+2. The second-order valence-corrected chi connectivity index (χ2v) is 1.29. The Morgan fingerprint density at radius 1 is 1.67 bits per heavy atom. The molecule has 46 valence electrons. The van der Waals surface area contributed by atoms with Crippen molar-refractivity contribution >= 4 is 0 Å². The maximum Gasteiger partial charge on any atom is 2.00 e. The molecule has 0 fully saturated rings. The van der Waals surface area contributed by atoms with Crippen LogP contribution in [-0.2, 0) is 21.7 Å². The largest absolute Gasteiger partial charge is 2.00 e. The van der Waals surface area contributed by atoms with Crippen molar-refractivity contribution in [2.75, 3.05) is 0 Å². The van der Waals surface area contributed by atoms with E-state index in [0.29, 0.717) is 0 Å². The van der Waals surface area contributed by atoms with Gasteiger partial charge in [-0.15, -0.1) is 6.42 Å². The Labute approximate surface area is 72.2 Å². The van der Waals surface area contributed by atoms with Crippen LogP contribution >= 0.6 is 0 Å². The fraction of sp³-hybridized carbons (Fsp3) is 0.125. The van der Waals surface area contributed by atoms with Gasteiger partial charge in [0.05, 0.1) is 0 Å². The van der Waals surface area contributed by atoms with Crippen LogP contribution in [0.15, 0.2) is 30.9 Å². The van der Waals surface area contributed by atoms with Crippen LogP contribution in [0.2, 0.25) is 0 Å². The van der Waals surface area contributed by atoms with E-state index in [1.807, 2.05) is 12.2 Å². The summed E-state index contributed by atoms with van der Waals surface area (Å²) in [4.78, 5) is 0. The first-order valence-electron chi connectivity index (χ1n) is 2.53. The first kappa shape index (κ1) is 11.6. The van der Waals surface area contributed by atoms with Crippen LogP contribution in [0.1, 0.15) is 6.42 Å². The zero-order valence-corrected chi connectivity index (χ0v) is 6.99. The van der Waals surface area contributed by atoms with E-state index in [4.69, 9.17) is 0 Å². The average Bonchev–Trinajstić information content (AvgIpc) is 2.17. The van der Waals surface area contributed by atoms with Crippen molar-refractivity contribution in [3.63, 3.8) is 0 Å². The van der Waals surface area contributed by atoms with Gasteiger partial charge in [-0.25, -0.2) is 31.7 Å². The summed E-state index contributed by atoms with van der Waals surface area (Å²) < 4.78 is 0. The molecule has 0 aliphatic heterocycles. The third-order valence-corrected chi connectivity index (χ3v) is 0.586. The van der Waals surface area contributed by atoms with Gasteiger partial charge in [0.25, 0.3) is 0 Å². The zero-order chi connectivity index (χ0) is 6.24. The minimum Gasteiger partial charge on any atom is -0.273 e. The summed E-state index contributed by atoms with van der Waals surface area (Å²) in [6, 6.07) is 0. The molecule has 0 aromatic carbocycles. The first-order chi connectivity index (χ1) is 3.91. The predicted molar refractivity (Wildman–Crippen MR) is 37.1 cm³/mol. The van der Waals surface area contributed by atoms with Crippen molar-refractivity contribution in [1.29, 1.82) is 0 Å². The predicted octanol–water partition coefficient (Wildman–Crippen LogP) is 2.31. The maximum atomic E-state index is 3.25. The normalized spacial score (nSPS) is 11.1. The van der Waals surface area contributed by atoms with Gasteiger partial charge in [0.15, 0.2) is 0 Å². The van der Waals surface area contributed by atoms with Crippen LogP contribution in [0.4, 0.5) is 0 Å². The molecule has 0 amide bonds. The van der Waals surface area contributed by atoms with Crippen LogP contribution in [0.3, 0.4) is 0 Å². The van der Waals surface area contributed by atoms with Gasteiger partial charge in [0.1, 0.15) is 0 Å². The molecule has 0 saturated heterocycles. The molecular formula is C8H10Ti. The summed E-state index contributed by atoms with van der Waals surface area (Å²) in [6.45, 7) is 6.50. The molecule has 0 N–H and O–H groups in total. The summed E-state index contributed by atoms with van der Waals surface area (Å²) in [6.07, 6.45) is 11.5. The topological polar surface area (TPSA) is 0 Å². The van der Waals surface area contributed by atoms with E-state index in [2.05, 4.69) is 25.7 Å². The van der Waals surface area contributed by atoms with Crippen molar-refractivity contribution in [3.8, 4) is 0 Å². The SMILES string of the molecule is C=C[CH2-].[C-]1=CC=CC1.[Ti+2]. The Morgan fingerprint density at radius 2 is 2.22 bits per heavy atom. The summed E-state index contributed by atoms with van der Waals surface area (Å²) in [7, 11) is 0. The molecule has 0 heterocycles. The quantitative estimate of drug-likeness (QED) is 0.371. The Hall–Kier alpha value is -0.196. The average molecular weight is 154 g/mol. The molecule has 9 heavy (non-hydrogen) atoms. The molecule has 0 saturated carbocycles. The Balaban J connectivity index is 0. The van der Waals surface area contributed by atoms with E-state index < -0.39 is 0 Å². The van der Waals surface area contributed by atoms with Gasteiger partial charge < -0.3 is 0 Å². The van der Waals surface area contributed by atoms with Crippen molar-refractivity contribution in [2.24, 2.45) is 0 Å². The van der Waals surface area contributed by atoms with Crippen LogP contribution in [0.5, 0.6) is 0 Å². The van der Waals surface area contributed by atoms with Crippen LogP contribution in [-0.4, -0.2) is 0 Å². The van der Waals surface area contributed by atoms with E-state index in [9.17, 15) is 0 Å². The molecule has 1 aliphatic rings. The van der Waals surface area contributed by atoms with Crippen molar-refractivity contribution in [2.45, 2.75) is 6.42 Å². The molecule has 0 unspecified atom stereocenters. The van der Waals surface area contributed by atoms with Gasteiger partial charge >= 0.3 is 21.7 Å². The van der Waals surface area contributed by atoms with Crippen LogP contribution < -0.4 is 0 Å². The first-order valence-corrected chi connectivity index (χ1v) is 2.53. The van der Waals surface area contributed by atoms with Gasteiger partial charge in [-0.2, -0.15) is 6.08 Å². The minimum atomic E-state index is 0. The number of allylic oxidation sites excluding steroid dienone is 5. The summed E-state index contributed by atoms with van der Waals surface area (Å²) in [5.41, 5.74) is 0.